The Morgan fingerprint density at radius 2 is 1.83 bits per heavy atom. The predicted molar refractivity (Wildman–Crippen MR) is 92.0 cm³/mol. The van der Waals surface area contributed by atoms with Gasteiger partial charge in [-0.05, 0) is 36.6 Å². The van der Waals surface area contributed by atoms with Gasteiger partial charge in [-0.15, -0.1) is 11.3 Å². The van der Waals surface area contributed by atoms with Gasteiger partial charge >= 0.3 is 0 Å². The Hall–Kier alpha value is -2.22. The SMILES string of the molecule is CCc1ccc(-c2ccc(C(=O)NC(C(=O)NO)C(C)O)s2)cc1. The van der Waals surface area contributed by atoms with Gasteiger partial charge in [0.1, 0.15) is 6.04 Å². The Bertz CT molecular complexity index is 710. The quantitative estimate of drug-likeness (QED) is 0.474. The predicted octanol–water partition coefficient (Wildman–Crippen LogP) is 1.96. The number of aliphatic hydroxyl groups is 1. The van der Waals surface area contributed by atoms with Crippen LogP contribution in [0.3, 0.4) is 0 Å². The van der Waals surface area contributed by atoms with E-state index >= 15 is 0 Å². The van der Waals surface area contributed by atoms with E-state index in [1.54, 1.807) is 6.07 Å². The third-order valence-electron chi connectivity index (χ3n) is 3.64. The highest BCUT2D eigenvalue weighted by atomic mass is 32.1. The van der Waals surface area contributed by atoms with Gasteiger partial charge in [-0.1, -0.05) is 31.2 Å². The first-order chi connectivity index (χ1) is 11.5. The summed E-state index contributed by atoms with van der Waals surface area (Å²) in [5.41, 5.74) is 3.68. The van der Waals surface area contributed by atoms with Gasteiger partial charge in [0.25, 0.3) is 11.8 Å². The van der Waals surface area contributed by atoms with Gasteiger partial charge in [0.2, 0.25) is 0 Å². The molecule has 0 aliphatic carbocycles. The summed E-state index contributed by atoms with van der Waals surface area (Å²) in [6, 6.07) is 10.4. The fraction of sp³-hybridized carbons (Fsp3) is 0.294. The summed E-state index contributed by atoms with van der Waals surface area (Å²) in [6.45, 7) is 3.44. The fourth-order valence-corrected chi connectivity index (χ4v) is 3.12. The van der Waals surface area contributed by atoms with Crippen LogP contribution in [0.25, 0.3) is 10.4 Å². The average molecular weight is 348 g/mol. The Kier molecular flexibility index (Phi) is 6.08. The molecule has 6 nitrogen and oxygen atoms in total. The van der Waals surface area contributed by atoms with E-state index in [9.17, 15) is 14.7 Å². The van der Waals surface area contributed by atoms with Gasteiger partial charge in [-0.3, -0.25) is 14.8 Å². The molecule has 2 amide bonds. The van der Waals surface area contributed by atoms with E-state index in [1.165, 1.54) is 29.3 Å². The molecular formula is C17H20N2O4S. The molecule has 2 rings (SSSR count). The number of thiophene rings is 1. The molecule has 1 heterocycles. The van der Waals surface area contributed by atoms with Crippen molar-refractivity contribution in [2.45, 2.75) is 32.4 Å². The number of hydrogen-bond acceptors (Lipinski definition) is 5. The summed E-state index contributed by atoms with van der Waals surface area (Å²) in [7, 11) is 0. The van der Waals surface area contributed by atoms with Crippen LogP contribution >= 0.6 is 11.3 Å². The van der Waals surface area contributed by atoms with E-state index in [2.05, 4.69) is 12.2 Å². The molecule has 0 aliphatic heterocycles. The van der Waals surface area contributed by atoms with Crippen molar-refractivity contribution in [2.24, 2.45) is 0 Å². The smallest absolute Gasteiger partial charge is 0.268 e. The summed E-state index contributed by atoms with van der Waals surface area (Å²) < 4.78 is 0. The molecule has 0 radical (unpaired) electrons. The first-order valence-corrected chi connectivity index (χ1v) is 8.40. The van der Waals surface area contributed by atoms with Crippen LogP contribution in [0, 0.1) is 0 Å². The minimum atomic E-state index is -1.23. The van der Waals surface area contributed by atoms with E-state index < -0.39 is 24.0 Å². The average Bonchev–Trinajstić information content (AvgIpc) is 3.08. The van der Waals surface area contributed by atoms with Crippen molar-refractivity contribution in [1.82, 2.24) is 10.8 Å². The maximum atomic E-state index is 12.3. The van der Waals surface area contributed by atoms with E-state index in [4.69, 9.17) is 5.21 Å². The molecule has 1 aromatic carbocycles. The Morgan fingerprint density at radius 3 is 2.38 bits per heavy atom. The number of hydroxylamine groups is 1. The molecule has 4 N–H and O–H groups in total. The molecule has 24 heavy (non-hydrogen) atoms. The van der Waals surface area contributed by atoms with Crippen LogP contribution in [-0.4, -0.2) is 34.3 Å². The Balaban J connectivity index is 2.13. The lowest BCUT2D eigenvalue weighted by Crippen LogP contribution is -2.51. The summed E-state index contributed by atoms with van der Waals surface area (Å²) in [5.74, 6) is -1.35. The van der Waals surface area contributed by atoms with E-state index in [1.807, 2.05) is 30.3 Å². The van der Waals surface area contributed by atoms with Crippen molar-refractivity contribution in [3.8, 4) is 10.4 Å². The second kappa shape index (κ2) is 8.05. The zero-order valence-electron chi connectivity index (χ0n) is 13.4. The van der Waals surface area contributed by atoms with E-state index in [0.717, 1.165) is 16.9 Å². The maximum absolute atomic E-state index is 12.3. The van der Waals surface area contributed by atoms with Crippen molar-refractivity contribution >= 4 is 23.2 Å². The molecular weight excluding hydrogens is 328 g/mol. The number of nitrogens with one attached hydrogen (secondary N) is 2. The minimum Gasteiger partial charge on any atom is -0.391 e. The van der Waals surface area contributed by atoms with E-state index in [0.29, 0.717) is 4.88 Å². The van der Waals surface area contributed by atoms with Gasteiger partial charge in [0, 0.05) is 4.88 Å². The summed E-state index contributed by atoms with van der Waals surface area (Å²) in [6.07, 6.45) is -0.173. The molecule has 1 aromatic heterocycles. The molecule has 2 unspecified atom stereocenters. The molecule has 2 aromatic rings. The molecule has 0 spiro atoms. The highest BCUT2D eigenvalue weighted by molar-refractivity contribution is 7.17. The van der Waals surface area contributed by atoms with Crippen LogP contribution in [0.15, 0.2) is 36.4 Å². The molecule has 7 heteroatoms. The number of carbonyl (C=O) groups excluding carboxylic acids is 2. The van der Waals surface area contributed by atoms with Crippen LogP contribution in [-0.2, 0) is 11.2 Å². The van der Waals surface area contributed by atoms with E-state index in [-0.39, 0.29) is 0 Å². The highest BCUT2D eigenvalue weighted by Gasteiger charge is 2.26. The molecule has 2 atom stereocenters. The molecule has 128 valence electrons. The molecule has 0 aliphatic rings. The zero-order valence-corrected chi connectivity index (χ0v) is 14.3. The number of aliphatic hydroxyl groups excluding tert-OH is 1. The largest absolute Gasteiger partial charge is 0.391 e. The lowest BCUT2D eigenvalue weighted by atomic mass is 10.1. The van der Waals surface area contributed by atoms with Crippen molar-refractivity contribution in [3.05, 3.63) is 46.8 Å². The summed E-state index contributed by atoms with van der Waals surface area (Å²) in [4.78, 5) is 25.1. The Morgan fingerprint density at radius 1 is 1.17 bits per heavy atom. The maximum Gasteiger partial charge on any atom is 0.268 e. The number of carbonyl (C=O) groups is 2. The van der Waals surface area contributed by atoms with Crippen LogP contribution in [0.5, 0.6) is 0 Å². The number of rotatable bonds is 6. The molecule has 0 saturated carbocycles. The van der Waals surface area contributed by atoms with Gasteiger partial charge < -0.3 is 10.4 Å². The zero-order chi connectivity index (χ0) is 17.7. The topological polar surface area (TPSA) is 98.7 Å². The lowest BCUT2D eigenvalue weighted by Gasteiger charge is -2.18. The lowest BCUT2D eigenvalue weighted by molar-refractivity contribution is -0.133. The summed E-state index contributed by atoms with van der Waals surface area (Å²) in [5, 5.41) is 20.6. The van der Waals surface area contributed by atoms with Crippen molar-refractivity contribution in [1.29, 1.82) is 0 Å². The second-order valence-electron chi connectivity index (χ2n) is 5.38. The standard InChI is InChI=1S/C17H20N2O4S/c1-3-11-4-6-12(7-5-11)13-8-9-14(24-13)16(21)18-15(10(2)20)17(22)19-23/h4-10,15,20,23H,3H2,1-2H3,(H,18,21)(H,19,22). The first-order valence-electron chi connectivity index (χ1n) is 7.58. The third kappa shape index (κ3) is 4.19. The van der Waals surface area contributed by atoms with Crippen LogP contribution in [0.2, 0.25) is 0 Å². The number of hydrogen-bond donors (Lipinski definition) is 4. The normalized spacial score (nSPS) is 13.2. The van der Waals surface area contributed by atoms with Gasteiger partial charge in [-0.25, -0.2) is 5.48 Å². The van der Waals surface area contributed by atoms with Crippen LogP contribution in [0.4, 0.5) is 0 Å². The molecule has 0 saturated heterocycles. The van der Waals surface area contributed by atoms with Crippen LogP contribution in [0.1, 0.15) is 29.1 Å². The van der Waals surface area contributed by atoms with Crippen LogP contribution < -0.4 is 10.8 Å². The monoisotopic (exact) mass is 348 g/mol. The van der Waals surface area contributed by atoms with Gasteiger partial charge in [-0.2, -0.15) is 0 Å². The fourth-order valence-electron chi connectivity index (χ4n) is 2.21. The van der Waals surface area contributed by atoms with Crippen molar-refractivity contribution in [3.63, 3.8) is 0 Å². The highest BCUT2D eigenvalue weighted by Crippen LogP contribution is 2.28. The molecule has 0 bridgehead atoms. The number of amides is 2. The van der Waals surface area contributed by atoms with Crippen molar-refractivity contribution in [2.75, 3.05) is 0 Å². The molecule has 0 fully saturated rings. The van der Waals surface area contributed by atoms with Gasteiger partial charge in [0.15, 0.2) is 0 Å². The number of benzene rings is 1. The second-order valence-corrected chi connectivity index (χ2v) is 6.47. The van der Waals surface area contributed by atoms with Gasteiger partial charge in [0.05, 0.1) is 11.0 Å². The summed E-state index contributed by atoms with van der Waals surface area (Å²) >= 11 is 1.29. The number of aryl methyl sites for hydroxylation is 1. The Labute approximate surface area is 144 Å². The van der Waals surface area contributed by atoms with Crippen molar-refractivity contribution < 1.29 is 19.9 Å². The first kappa shape index (κ1) is 18.1. The third-order valence-corrected chi connectivity index (χ3v) is 4.77. The minimum absolute atomic E-state index is 0.418.